The van der Waals surface area contributed by atoms with Gasteiger partial charge < -0.3 is 20.7 Å². The van der Waals surface area contributed by atoms with Gasteiger partial charge in [0.2, 0.25) is 5.91 Å². The fourth-order valence-corrected chi connectivity index (χ4v) is 2.95. The summed E-state index contributed by atoms with van der Waals surface area (Å²) in [5.74, 6) is 0.816. The molecule has 1 saturated carbocycles. The van der Waals surface area contributed by atoms with Crippen LogP contribution in [-0.4, -0.2) is 19.0 Å². The van der Waals surface area contributed by atoms with Crippen LogP contribution in [0.2, 0.25) is 0 Å². The van der Waals surface area contributed by atoms with Crippen LogP contribution in [0.15, 0.2) is 48.5 Å². The van der Waals surface area contributed by atoms with E-state index in [1.807, 2.05) is 30.3 Å². The van der Waals surface area contributed by atoms with Crippen LogP contribution in [0.4, 0.5) is 16.2 Å². The van der Waals surface area contributed by atoms with Gasteiger partial charge in [0.05, 0.1) is 18.8 Å². The zero-order chi connectivity index (χ0) is 18.5. The predicted octanol–water partition coefficient (Wildman–Crippen LogP) is 3.93. The maximum atomic E-state index is 12.6. The molecule has 2 aromatic rings. The third kappa shape index (κ3) is 4.53. The number of amides is 3. The van der Waals surface area contributed by atoms with Gasteiger partial charge in [-0.2, -0.15) is 0 Å². The van der Waals surface area contributed by atoms with Crippen molar-refractivity contribution in [2.45, 2.75) is 25.8 Å². The first-order valence-corrected chi connectivity index (χ1v) is 8.65. The van der Waals surface area contributed by atoms with Gasteiger partial charge in [0.25, 0.3) is 0 Å². The van der Waals surface area contributed by atoms with Crippen LogP contribution in [-0.2, 0) is 4.79 Å². The van der Waals surface area contributed by atoms with Crippen molar-refractivity contribution < 1.29 is 14.3 Å². The van der Waals surface area contributed by atoms with Crippen molar-refractivity contribution in [1.82, 2.24) is 5.32 Å². The van der Waals surface area contributed by atoms with E-state index in [0.29, 0.717) is 23.0 Å². The molecular formula is C20H23N3O3. The van der Waals surface area contributed by atoms with E-state index >= 15 is 0 Å². The van der Waals surface area contributed by atoms with Crippen molar-refractivity contribution in [2.75, 3.05) is 17.7 Å². The Morgan fingerprint density at radius 2 is 1.81 bits per heavy atom. The molecular weight excluding hydrogens is 330 g/mol. The number of carbonyl (C=O) groups excluding carboxylic acids is 2. The fourth-order valence-electron chi connectivity index (χ4n) is 2.95. The summed E-state index contributed by atoms with van der Waals surface area (Å²) in [6, 6.07) is 14.8. The van der Waals surface area contributed by atoms with Crippen LogP contribution in [0.3, 0.4) is 0 Å². The van der Waals surface area contributed by atoms with Gasteiger partial charge in [-0.25, -0.2) is 4.79 Å². The van der Waals surface area contributed by atoms with E-state index in [0.717, 1.165) is 18.4 Å². The van der Waals surface area contributed by atoms with Crippen LogP contribution < -0.4 is 20.7 Å². The molecule has 0 heterocycles. The van der Waals surface area contributed by atoms with Crippen LogP contribution in [0.5, 0.6) is 5.75 Å². The molecule has 0 aliphatic heterocycles. The molecule has 26 heavy (non-hydrogen) atoms. The summed E-state index contributed by atoms with van der Waals surface area (Å²) in [5, 5.41) is 8.59. The molecule has 0 bridgehead atoms. The van der Waals surface area contributed by atoms with Crippen molar-refractivity contribution in [2.24, 2.45) is 5.92 Å². The molecule has 1 aliphatic carbocycles. The number of methoxy groups -OCH3 is 1. The highest BCUT2D eigenvalue weighted by Gasteiger charge is 2.33. The van der Waals surface area contributed by atoms with Gasteiger partial charge in [0.15, 0.2) is 0 Å². The van der Waals surface area contributed by atoms with Gasteiger partial charge in [-0.15, -0.1) is 0 Å². The molecule has 136 valence electrons. The van der Waals surface area contributed by atoms with Crippen LogP contribution in [0.1, 0.15) is 31.4 Å². The summed E-state index contributed by atoms with van der Waals surface area (Å²) < 4.78 is 5.30. The predicted molar refractivity (Wildman–Crippen MR) is 101 cm³/mol. The zero-order valence-corrected chi connectivity index (χ0v) is 14.9. The monoisotopic (exact) mass is 353 g/mol. The lowest BCUT2D eigenvalue weighted by molar-refractivity contribution is -0.114. The molecule has 0 radical (unpaired) electrons. The molecule has 1 aliphatic rings. The van der Waals surface area contributed by atoms with Gasteiger partial charge >= 0.3 is 6.03 Å². The lowest BCUT2D eigenvalue weighted by Crippen LogP contribution is -2.33. The Labute approximate surface area is 152 Å². The van der Waals surface area contributed by atoms with Gasteiger partial charge in [-0.1, -0.05) is 30.3 Å². The molecule has 6 heteroatoms. The minimum absolute atomic E-state index is 0.0132. The van der Waals surface area contributed by atoms with Crippen molar-refractivity contribution >= 4 is 23.3 Å². The van der Waals surface area contributed by atoms with E-state index in [1.54, 1.807) is 18.2 Å². The van der Waals surface area contributed by atoms with Gasteiger partial charge in [0.1, 0.15) is 5.75 Å². The molecule has 3 rings (SSSR count). The summed E-state index contributed by atoms with van der Waals surface area (Å²) in [6.45, 7) is 1.43. The van der Waals surface area contributed by atoms with E-state index in [1.165, 1.54) is 14.0 Å². The second kappa shape index (κ2) is 7.91. The first kappa shape index (κ1) is 17.8. The van der Waals surface area contributed by atoms with Gasteiger partial charge in [-0.3, -0.25) is 4.79 Å². The maximum absolute atomic E-state index is 12.6. The molecule has 3 N–H and O–H groups in total. The number of anilines is 2. The van der Waals surface area contributed by atoms with E-state index in [2.05, 4.69) is 16.0 Å². The highest BCUT2D eigenvalue weighted by molar-refractivity contribution is 5.94. The van der Waals surface area contributed by atoms with Crippen LogP contribution in [0.25, 0.3) is 0 Å². The maximum Gasteiger partial charge on any atom is 0.319 e. The number of hydrogen-bond donors (Lipinski definition) is 3. The minimum atomic E-state index is -0.302. The Morgan fingerprint density at radius 1 is 1.08 bits per heavy atom. The number of hydrogen-bond acceptors (Lipinski definition) is 3. The number of urea groups is 1. The fraction of sp³-hybridized carbons (Fsp3) is 0.300. The Kier molecular flexibility index (Phi) is 5.41. The average molecular weight is 353 g/mol. The summed E-state index contributed by atoms with van der Waals surface area (Å²) >= 11 is 0. The third-order valence-corrected chi connectivity index (χ3v) is 4.31. The number of rotatable bonds is 6. The van der Waals surface area contributed by atoms with Crippen molar-refractivity contribution in [3.63, 3.8) is 0 Å². The van der Waals surface area contributed by atoms with Crippen molar-refractivity contribution in [1.29, 1.82) is 0 Å². The normalized spacial score (nSPS) is 14.2. The molecule has 0 saturated heterocycles. The Morgan fingerprint density at radius 3 is 2.42 bits per heavy atom. The SMILES string of the molecule is COc1ccc(NC(C)=O)cc1NC(=O)N[C@@H](c1ccccc1)C1CC1. The van der Waals surface area contributed by atoms with Crippen LogP contribution >= 0.6 is 0 Å². The lowest BCUT2D eigenvalue weighted by atomic mass is 10.0. The molecule has 0 spiro atoms. The van der Waals surface area contributed by atoms with Crippen molar-refractivity contribution in [3.05, 3.63) is 54.1 Å². The second-order valence-electron chi connectivity index (χ2n) is 6.42. The number of carbonyl (C=O) groups is 2. The number of nitrogens with one attached hydrogen (secondary N) is 3. The topological polar surface area (TPSA) is 79.5 Å². The van der Waals surface area contributed by atoms with E-state index in [4.69, 9.17) is 4.74 Å². The number of benzene rings is 2. The molecule has 0 aromatic heterocycles. The average Bonchev–Trinajstić information content (AvgIpc) is 3.45. The summed E-state index contributed by atoms with van der Waals surface area (Å²) in [6.07, 6.45) is 2.22. The summed E-state index contributed by atoms with van der Waals surface area (Å²) in [7, 11) is 1.54. The summed E-state index contributed by atoms with van der Waals surface area (Å²) in [4.78, 5) is 23.8. The highest BCUT2D eigenvalue weighted by atomic mass is 16.5. The first-order chi connectivity index (χ1) is 12.6. The van der Waals surface area contributed by atoms with E-state index < -0.39 is 0 Å². The Bertz CT molecular complexity index is 788. The number of ether oxygens (including phenoxy) is 1. The molecule has 2 aromatic carbocycles. The standard InChI is InChI=1S/C20H23N3O3/c1-13(24)21-16-10-11-18(26-2)17(12-16)22-20(25)23-19(15-8-9-15)14-6-4-3-5-7-14/h3-7,10-12,15,19H,8-9H2,1-2H3,(H,21,24)(H2,22,23,25)/t19-/m0/s1. The quantitative estimate of drug-likeness (QED) is 0.736. The first-order valence-electron chi connectivity index (χ1n) is 8.65. The molecule has 1 atom stereocenters. The Hall–Kier alpha value is -3.02. The largest absolute Gasteiger partial charge is 0.495 e. The van der Waals surface area contributed by atoms with Crippen molar-refractivity contribution in [3.8, 4) is 5.75 Å². The smallest absolute Gasteiger partial charge is 0.319 e. The molecule has 3 amide bonds. The molecule has 6 nitrogen and oxygen atoms in total. The van der Waals surface area contributed by atoms with E-state index in [-0.39, 0.29) is 18.0 Å². The lowest BCUT2D eigenvalue weighted by Gasteiger charge is -2.20. The minimum Gasteiger partial charge on any atom is -0.495 e. The second-order valence-corrected chi connectivity index (χ2v) is 6.42. The van der Waals surface area contributed by atoms with Gasteiger partial charge in [0, 0.05) is 12.6 Å². The van der Waals surface area contributed by atoms with Gasteiger partial charge in [-0.05, 0) is 42.5 Å². The zero-order valence-electron chi connectivity index (χ0n) is 14.9. The van der Waals surface area contributed by atoms with E-state index in [9.17, 15) is 9.59 Å². The van der Waals surface area contributed by atoms with Crippen LogP contribution in [0, 0.1) is 5.92 Å². The molecule has 1 fully saturated rings. The Balaban J connectivity index is 1.73. The molecule has 0 unspecified atom stereocenters. The summed E-state index contributed by atoms with van der Waals surface area (Å²) in [5.41, 5.74) is 2.19. The highest BCUT2D eigenvalue weighted by Crippen LogP contribution is 2.41. The third-order valence-electron chi connectivity index (χ3n) is 4.31.